The maximum atomic E-state index is 12.8. The summed E-state index contributed by atoms with van der Waals surface area (Å²) in [6, 6.07) is 7.56. The van der Waals surface area contributed by atoms with Crippen LogP contribution in [-0.2, 0) is 12.7 Å². The molecule has 1 heterocycles. The highest BCUT2D eigenvalue weighted by molar-refractivity contribution is 6.02. The van der Waals surface area contributed by atoms with Gasteiger partial charge in [-0.25, -0.2) is 0 Å². The van der Waals surface area contributed by atoms with Gasteiger partial charge >= 0.3 is 6.18 Å². The zero-order valence-electron chi connectivity index (χ0n) is 10.2. The van der Waals surface area contributed by atoms with Crippen molar-refractivity contribution in [3.8, 4) is 0 Å². The minimum atomic E-state index is -4.55. The van der Waals surface area contributed by atoms with Crippen LogP contribution in [0.4, 0.5) is 18.9 Å². The highest BCUT2D eigenvalue weighted by Gasteiger charge is 2.33. The predicted molar refractivity (Wildman–Crippen MR) is 66.0 cm³/mol. The number of nitrogens with two attached hydrogens (primary N) is 1. The fourth-order valence-corrected chi connectivity index (χ4v) is 1.63. The summed E-state index contributed by atoms with van der Waals surface area (Å²) in [5, 5.41) is 2.18. The molecule has 0 aliphatic heterocycles. The molecule has 7 heteroatoms. The van der Waals surface area contributed by atoms with Gasteiger partial charge in [0, 0.05) is 0 Å². The Morgan fingerprint density at radius 1 is 1.20 bits per heavy atom. The molecule has 106 valence electrons. The largest absolute Gasteiger partial charge is 0.455 e. The van der Waals surface area contributed by atoms with Crippen molar-refractivity contribution < 1.29 is 22.4 Å². The molecule has 4 nitrogen and oxygen atoms in total. The summed E-state index contributed by atoms with van der Waals surface area (Å²) in [6.45, 7) is 0.104. The van der Waals surface area contributed by atoms with Crippen LogP contribution >= 0.6 is 0 Å². The molecule has 0 saturated heterocycles. The summed E-state index contributed by atoms with van der Waals surface area (Å²) in [7, 11) is 0. The molecule has 1 aromatic heterocycles. The fourth-order valence-electron chi connectivity index (χ4n) is 1.63. The van der Waals surface area contributed by atoms with Crippen molar-refractivity contribution in [2.24, 2.45) is 5.73 Å². The monoisotopic (exact) mass is 284 g/mol. The lowest BCUT2D eigenvalue weighted by Crippen LogP contribution is -2.16. The van der Waals surface area contributed by atoms with Gasteiger partial charge in [-0.3, -0.25) is 4.79 Å². The molecule has 2 rings (SSSR count). The number of alkyl halides is 3. The quantitative estimate of drug-likeness (QED) is 0.910. The summed E-state index contributed by atoms with van der Waals surface area (Å²) in [5.41, 5.74) is 4.08. The van der Waals surface area contributed by atoms with Crippen LogP contribution in [-0.4, -0.2) is 5.91 Å². The number of benzene rings is 1. The van der Waals surface area contributed by atoms with E-state index in [4.69, 9.17) is 10.2 Å². The Bertz CT molecular complexity index is 620. The van der Waals surface area contributed by atoms with Crippen LogP contribution in [0.15, 0.2) is 40.8 Å². The SMILES string of the molecule is NCc1ccc(C(=O)Nc2ccccc2C(F)(F)F)o1. The van der Waals surface area contributed by atoms with E-state index in [0.29, 0.717) is 5.76 Å². The number of furan rings is 1. The number of amides is 1. The van der Waals surface area contributed by atoms with Crippen molar-refractivity contribution in [2.45, 2.75) is 12.7 Å². The van der Waals surface area contributed by atoms with Crippen LogP contribution in [0, 0.1) is 0 Å². The maximum absolute atomic E-state index is 12.8. The van der Waals surface area contributed by atoms with Gasteiger partial charge in [-0.05, 0) is 24.3 Å². The van der Waals surface area contributed by atoms with E-state index >= 15 is 0 Å². The Morgan fingerprint density at radius 3 is 2.50 bits per heavy atom. The molecule has 0 bridgehead atoms. The summed E-state index contributed by atoms with van der Waals surface area (Å²) in [6.07, 6.45) is -4.55. The summed E-state index contributed by atoms with van der Waals surface area (Å²) in [4.78, 5) is 11.8. The Morgan fingerprint density at radius 2 is 1.90 bits per heavy atom. The molecule has 0 aliphatic carbocycles. The maximum Gasteiger partial charge on any atom is 0.418 e. The first-order chi connectivity index (χ1) is 9.41. The highest BCUT2D eigenvalue weighted by atomic mass is 19.4. The summed E-state index contributed by atoms with van der Waals surface area (Å²) in [5.74, 6) is -0.483. The van der Waals surface area contributed by atoms with Gasteiger partial charge in [0.1, 0.15) is 5.76 Å². The van der Waals surface area contributed by atoms with E-state index < -0.39 is 17.6 Å². The first-order valence-electron chi connectivity index (χ1n) is 5.68. The topological polar surface area (TPSA) is 68.3 Å². The van der Waals surface area contributed by atoms with Crippen LogP contribution < -0.4 is 11.1 Å². The van der Waals surface area contributed by atoms with E-state index in [1.807, 2.05) is 0 Å². The molecule has 1 amide bonds. The van der Waals surface area contributed by atoms with Crippen LogP contribution in [0.2, 0.25) is 0 Å². The number of hydrogen-bond donors (Lipinski definition) is 2. The Labute approximate surface area is 112 Å². The molecule has 0 aliphatic rings. The minimum absolute atomic E-state index is 0.0950. The zero-order valence-corrected chi connectivity index (χ0v) is 10.2. The molecule has 0 unspecified atom stereocenters. The van der Waals surface area contributed by atoms with E-state index in [2.05, 4.69) is 5.32 Å². The molecule has 0 saturated carbocycles. The van der Waals surface area contributed by atoms with Gasteiger partial charge in [-0.15, -0.1) is 0 Å². The van der Waals surface area contributed by atoms with Gasteiger partial charge in [0.25, 0.3) is 5.91 Å². The van der Waals surface area contributed by atoms with E-state index in [1.54, 1.807) is 0 Å². The molecule has 0 radical (unpaired) electrons. The molecular formula is C13H11F3N2O2. The molecule has 1 aromatic carbocycles. The van der Waals surface area contributed by atoms with E-state index in [-0.39, 0.29) is 18.0 Å². The standard InChI is InChI=1S/C13H11F3N2O2/c14-13(15,16)9-3-1-2-4-10(9)18-12(19)11-6-5-8(7-17)20-11/h1-6H,7,17H2,(H,18,19). The Hall–Kier alpha value is -2.28. The number of nitrogens with one attached hydrogen (secondary N) is 1. The van der Waals surface area contributed by atoms with Crippen LogP contribution in [0.3, 0.4) is 0 Å². The van der Waals surface area contributed by atoms with Crippen molar-refractivity contribution in [2.75, 3.05) is 5.32 Å². The molecule has 0 spiro atoms. The Kier molecular flexibility index (Phi) is 3.80. The lowest BCUT2D eigenvalue weighted by atomic mass is 10.1. The molecule has 0 atom stereocenters. The van der Waals surface area contributed by atoms with E-state index in [1.165, 1.54) is 30.3 Å². The smallest absolute Gasteiger partial charge is 0.418 e. The van der Waals surface area contributed by atoms with Crippen molar-refractivity contribution in [3.05, 3.63) is 53.5 Å². The molecule has 20 heavy (non-hydrogen) atoms. The lowest BCUT2D eigenvalue weighted by Gasteiger charge is -2.12. The van der Waals surface area contributed by atoms with Gasteiger partial charge in [-0.1, -0.05) is 12.1 Å². The number of halogens is 3. The van der Waals surface area contributed by atoms with Crippen LogP contribution in [0.1, 0.15) is 21.9 Å². The second kappa shape index (κ2) is 5.38. The predicted octanol–water partition coefficient (Wildman–Crippen LogP) is 3.01. The summed E-state index contributed by atoms with van der Waals surface area (Å²) >= 11 is 0. The van der Waals surface area contributed by atoms with E-state index in [0.717, 1.165) is 6.07 Å². The van der Waals surface area contributed by atoms with Gasteiger partial charge < -0.3 is 15.5 Å². The number of hydrogen-bond acceptors (Lipinski definition) is 3. The van der Waals surface area contributed by atoms with Gasteiger partial charge in [0.15, 0.2) is 5.76 Å². The van der Waals surface area contributed by atoms with Crippen molar-refractivity contribution in [3.63, 3.8) is 0 Å². The first kappa shape index (κ1) is 14.1. The van der Waals surface area contributed by atoms with Gasteiger partial charge in [0.05, 0.1) is 17.8 Å². The second-order valence-corrected chi connectivity index (χ2v) is 3.97. The van der Waals surface area contributed by atoms with Crippen molar-refractivity contribution >= 4 is 11.6 Å². The Balaban J connectivity index is 2.24. The van der Waals surface area contributed by atoms with Crippen molar-refractivity contribution in [1.82, 2.24) is 0 Å². The average Bonchev–Trinajstić information content (AvgIpc) is 2.87. The summed E-state index contributed by atoms with van der Waals surface area (Å²) < 4.78 is 43.4. The normalized spacial score (nSPS) is 11.4. The third kappa shape index (κ3) is 3.00. The van der Waals surface area contributed by atoms with Crippen LogP contribution in [0.5, 0.6) is 0 Å². The molecule has 3 N–H and O–H groups in total. The minimum Gasteiger partial charge on any atom is -0.455 e. The number of carbonyl (C=O) groups is 1. The highest BCUT2D eigenvalue weighted by Crippen LogP contribution is 2.34. The number of anilines is 1. The van der Waals surface area contributed by atoms with Gasteiger partial charge in [0.2, 0.25) is 0 Å². The van der Waals surface area contributed by atoms with Crippen molar-refractivity contribution in [1.29, 1.82) is 0 Å². The zero-order chi connectivity index (χ0) is 14.8. The third-order valence-electron chi connectivity index (χ3n) is 2.57. The molecule has 2 aromatic rings. The van der Waals surface area contributed by atoms with Gasteiger partial charge in [-0.2, -0.15) is 13.2 Å². The number of rotatable bonds is 3. The number of carbonyl (C=O) groups excluding carboxylic acids is 1. The van der Waals surface area contributed by atoms with E-state index in [9.17, 15) is 18.0 Å². The molecular weight excluding hydrogens is 273 g/mol. The number of para-hydroxylation sites is 1. The third-order valence-corrected chi connectivity index (χ3v) is 2.57. The average molecular weight is 284 g/mol. The van der Waals surface area contributed by atoms with Crippen LogP contribution in [0.25, 0.3) is 0 Å². The lowest BCUT2D eigenvalue weighted by molar-refractivity contribution is -0.136. The molecule has 0 fully saturated rings. The fraction of sp³-hybridized carbons (Fsp3) is 0.154. The second-order valence-electron chi connectivity index (χ2n) is 3.97. The first-order valence-corrected chi connectivity index (χ1v) is 5.68.